The lowest BCUT2D eigenvalue weighted by molar-refractivity contribution is -0.117. The van der Waals surface area contributed by atoms with Crippen LogP contribution in [0.2, 0.25) is 0 Å². The summed E-state index contributed by atoms with van der Waals surface area (Å²) in [5.74, 6) is 0.591. The number of amides is 1. The third-order valence-corrected chi connectivity index (χ3v) is 5.46. The molecule has 0 saturated carbocycles. The van der Waals surface area contributed by atoms with E-state index in [1.54, 1.807) is 10.6 Å². The number of anilines is 1. The summed E-state index contributed by atoms with van der Waals surface area (Å²) >= 11 is 0. The van der Waals surface area contributed by atoms with Crippen molar-refractivity contribution in [1.29, 1.82) is 0 Å². The number of pyridine rings is 2. The molecule has 0 spiro atoms. The molecule has 0 saturated heterocycles. The summed E-state index contributed by atoms with van der Waals surface area (Å²) in [5.41, 5.74) is 6.03. The Morgan fingerprint density at radius 2 is 1.60 bits per heavy atom. The second kappa shape index (κ2) is 7.90. The van der Waals surface area contributed by atoms with Crippen molar-refractivity contribution in [2.45, 2.75) is 40.2 Å². The average molecular weight is 402 g/mol. The number of fused-ring (bicyclic) bond motifs is 1. The van der Waals surface area contributed by atoms with Gasteiger partial charge in [0.1, 0.15) is 0 Å². The Morgan fingerprint density at radius 1 is 0.900 bits per heavy atom. The highest BCUT2D eigenvalue weighted by atomic mass is 16.2. The van der Waals surface area contributed by atoms with Gasteiger partial charge in [-0.05, 0) is 60.7 Å². The van der Waals surface area contributed by atoms with Crippen molar-refractivity contribution in [3.05, 3.63) is 70.9 Å². The monoisotopic (exact) mass is 401 g/mol. The van der Waals surface area contributed by atoms with E-state index in [0.717, 1.165) is 40.0 Å². The molecule has 0 bridgehead atoms. The minimum atomic E-state index is -0.00731. The smallest absolute Gasteiger partial charge is 0.250 e. The minimum absolute atomic E-state index is 0.00731. The molecule has 0 aliphatic carbocycles. The van der Waals surface area contributed by atoms with Crippen LogP contribution in [-0.4, -0.2) is 22.0 Å². The Labute approximate surface area is 177 Å². The molecule has 3 aromatic rings. The number of aromatic nitrogens is 2. The second-order valence-corrected chi connectivity index (χ2v) is 8.64. The van der Waals surface area contributed by atoms with E-state index >= 15 is 0 Å². The first-order valence-electron chi connectivity index (χ1n) is 10.4. The lowest BCUT2D eigenvalue weighted by Gasteiger charge is -2.20. The van der Waals surface area contributed by atoms with Crippen LogP contribution in [0.15, 0.2) is 59.8 Å². The number of nitrogens with zero attached hydrogens (tertiary/aromatic N) is 3. The molecule has 0 N–H and O–H groups in total. The van der Waals surface area contributed by atoms with E-state index in [4.69, 9.17) is 0 Å². The summed E-state index contributed by atoms with van der Waals surface area (Å²) in [6.07, 6.45) is 5.99. The Bertz CT molecular complexity index is 1160. The van der Waals surface area contributed by atoms with Crippen LogP contribution in [0.1, 0.15) is 39.3 Å². The third kappa shape index (κ3) is 3.80. The lowest BCUT2D eigenvalue weighted by Crippen LogP contribution is -2.30. The van der Waals surface area contributed by atoms with Gasteiger partial charge < -0.3 is 9.47 Å². The van der Waals surface area contributed by atoms with Gasteiger partial charge in [0.25, 0.3) is 5.56 Å². The minimum Gasteiger partial charge on any atom is -0.312 e. The van der Waals surface area contributed by atoms with E-state index < -0.39 is 0 Å². The second-order valence-electron chi connectivity index (χ2n) is 8.64. The maximum absolute atomic E-state index is 12.5. The van der Waals surface area contributed by atoms with Crippen molar-refractivity contribution >= 4 is 11.6 Å². The van der Waals surface area contributed by atoms with Crippen LogP contribution in [0.4, 0.5) is 5.69 Å². The van der Waals surface area contributed by atoms with E-state index in [2.05, 4.69) is 37.0 Å². The van der Waals surface area contributed by atoms with Gasteiger partial charge in [0.2, 0.25) is 5.91 Å². The zero-order chi connectivity index (χ0) is 21.4. The Balaban J connectivity index is 1.69. The van der Waals surface area contributed by atoms with Gasteiger partial charge in [-0.15, -0.1) is 0 Å². The maximum Gasteiger partial charge on any atom is 0.250 e. The summed E-state index contributed by atoms with van der Waals surface area (Å²) < 4.78 is 1.73. The fraction of sp³-hybridized carbons (Fsp3) is 0.320. The number of hydrogen-bond donors (Lipinski definition) is 0. The van der Waals surface area contributed by atoms with E-state index in [0.29, 0.717) is 12.3 Å². The number of hydrogen-bond acceptors (Lipinski definition) is 3. The van der Waals surface area contributed by atoms with E-state index in [9.17, 15) is 9.59 Å². The topological polar surface area (TPSA) is 55.2 Å². The van der Waals surface area contributed by atoms with Crippen LogP contribution in [0.25, 0.3) is 22.3 Å². The van der Waals surface area contributed by atoms with Crippen molar-refractivity contribution in [2.24, 2.45) is 5.92 Å². The highest BCUT2D eigenvalue weighted by molar-refractivity contribution is 6.02. The van der Waals surface area contributed by atoms with Crippen molar-refractivity contribution in [2.75, 3.05) is 11.4 Å². The molecule has 5 nitrogen and oxygen atoms in total. The molecule has 5 heteroatoms. The number of benzene rings is 1. The molecule has 0 unspecified atom stereocenters. The fourth-order valence-corrected chi connectivity index (χ4v) is 3.96. The van der Waals surface area contributed by atoms with Crippen molar-refractivity contribution in [3.8, 4) is 22.3 Å². The maximum atomic E-state index is 12.5. The molecule has 0 atom stereocenters. The van der Waals surface area contributed by atoms with Crippen LogP contribution in [0, 0.1) is 5.92 Å². The molecule has 30 heavy (non-hydrogen) atoms. The molecular weight excluding hydrogens is 374 g/mol. The van der Waals surface area contributed by atoms with Gasteiger partial charge in [-0.25, -0.2) is 0 Å². The molecule has 2 aromatic heterocycles. The molecular formula is C25H27N3O2. The van der Waals surface area contributed by atoms with Gasteiger partial charge in [0, 0.05) is 54.1 Å². The quantitative estimate of drug-likeness (QED) is 0.622. The molecule has 0 fully saturated rings. The molecule has 0 radical (unpaired) electrons. The molecule has 154 valence electrons. The molecule has 1 aliphatic heterocycles. The molecule has 4 rings (SSSR count). The van der Waals surface area contributed by atoms with Gasteiger partial charge in [-0.2, -0.15) is 0 Å². The number of rotatable bonds is 5. The summed E-state index contributed by atoms with van der Waals surface area (Å²) in [4.78, 5) is 30.9. The van der Waals surface area contributed by atoms with Gasteiger partial charge in [-0.1, -0.05) is 19.9 Å². The predicted octanol–water partition coefficient (Wildman–Crippen LogP) is 4.70. The van der Waals surface area contributed by atoms with Crippen LogP contribution in [0.5, 0.6) is 0 Å². The zero-order valence-corrected chi connectivity index (χ0v) is 17.9. The first-order chi connectivity index (χ1) is 14.3. The molecule has 3 heterocycles. The largest absolute Gasteiger partial charge is 0.312 e. The van der Waals surface area contributed by atoms with Gasteiger partial charge in [0.15, 0.2) is 0 Å². The van der Waals surface area contributed by atoms with Crippen LogP contribution < -0.4 is 10.5 Å². The Kier molecular flexibility index (Phi) is 5.29. The summed E-state index contributed by atoms with van der Waals surface area (Å²) in [7, 11) is 0. The summed E-state index contributed by atoms with van der Waals surface area (Å²) in [5, 5.41) is 0. The average Bonchev–Trinajstić information content (AvgIpc) is 3.02. The Morgan fingerprint density at radius 3 is 2.30 bits per heavy atom. The zero-order valence-electron chi connectivity index (χ0n) is 17.9. The van der Waals surface area contributed by atoms with Crippen LogP contribution >= 0.6 is 0 Å². The molecule has 1 amide bonds. The summed E-state index contributed by atoms with van der Waals surface area (Å²) in [6.45, 7) is 8.98. The fourth-order valence-electron chi connectivity index (χ4n) is 3.96. The molecule has 1 aliphatic rings. The first kappa shape index (κ1) is 20.1. The third-order valence-electron chi connectivity index (χ3n) is 5.46. The van der Waals surface area contributed by atoms with Crippen molar-refractivity contribution < 1.29 is 4.79 Å². The molecule has 1 aromatic carbocycles. The number of carbonyl (C=O) groups excluding carboxylic acids is 1. The first-order valence-corrected chi connectivity index (χ1v) is 10.4. The highest BCUT2D eigenvalue weighted by Crippen LogP contribution is 2.34. The normalized spacial score (nSPS) is 13.4. The van der Waals surface area contributed by atoms with Crippen molar-refractivity contribution in [3.63, 3.8) is 0 Å². The van der Waals surface area contributed by atoms with E-state index in [-0.39, 0.29) is 17.5 Å². The van der Waals surface area contributed by atoms with Crippen LogP contribution in [-0.2, 0) is 11.2 Å². The highest BCUT2D eigenvalue weighted by Gasteiger charge is 2.27. The lowest BCUT2D eigenvalue weighted by atomic mass is 10.00. The van der Waals surface area contributed by atoms with Gasteiger partial charge >= 0.3 is 0 Å². The summed E-state index contributed by atoms with van der Waals surface area (Å²) in [6, 6.07) is 11.8. The van der Waals surface area contributed by atoms with Crippen LogP contribution in [0.3, 0.4) is 0 Å². The van der Waals surface area contributed by atoms with E-state index in [1.165, 1.54) is 0 Å². The standard InChI is InChI=1S/C25H27N3O2/c1-16(2)14-28-23-7-5-18(9-20(23)11-25(28)30)21-10-22(13-26-12-21)19-6-8-24(29)27(15-19)17(3)4/h5-10,12-13,15-17H,11,14H2,1-4H3. The SMILES string of the molecule is CC(C)CN1C(=O)Cc2cc(-c3cncc(-c4ccc(=O)n(C(C)C)c4)c3)ccc21. The van der Waals surface area contributed by atoms with Gasteiger partial charge in [-0.3, -0.25) is 14.6 Å². The predicted molar refractivity (Wildman–Crippen MR) is 121 cm³/mol. The van der Waals surface area contributed by atoms with Crippen molar-refractivity contribution in [1.82, 2.24) is 9.55 Å². The number of carbonyl (C=O) groups is 1. The van der Waals surface area contributed by atoms with Gasteiger partial charge in [0.05, 0.1) is 6.42 Å². The Hall–Kier alpha value is -3.21. The van der Waals surface area contributed by atoms with E-state index in [1.807, 2.05) is 49.5 Å².